The van der Waals surface area contributed by atoms with Crippen LogP contribution in [0, 0.1) is 0 Å². The Bertz CT molecular complexity index is 839. The maximum atomic E-state index is 12.0. The third kappa shape index (κ3) is 2.29. The van der Waals surface area contributed by atoms with Gasteiger partial charge in [0.15, 0.2) is 0 Å². The summed E-state index contributed by atoms with van der Waals surface area (Å²) in [7, 11) is 0. The van der Waals surface area contributed by atoms with Crippen molar-refractivity contribution in [2.45, 2.75) is 0 Å². The first-order valence-corrected chi connectivity index (χ1v) is 6.09. The van der Waals surface area contributed by atoms with Crippen LogP contribution in [0.15, 0.2) is 59.5 Å². The minimum Gasteiger partial charge on any atom is -0.328 e. The van der Waals surface area contributed by atoms with Gasteiger partial charge in [0.1, 0.15) is 11.4 Å². The highest BCUT2D eigenvalue weighted by Crippen LogP contribution is 2.14. The number of nitrogens with zero attached hydrogens (tertiary/aromatic N) is 1. The molecule has 2 N–H and O–H groups in total. The molecule has 3 rings (SSSR count). The summed E-state index contributed by atoms with van der Waals surface area (Å²) in [6.45, 7) is 0. The lowest BCUT2D eigenvalue weighted by atomic mass is 10.2. The van der Waals surface area contributed by atoms with Crippen molar-refractivity contribution in [2.75, 3.05) is 5.32 Å². The lowest BCUT2D eigenvalue weighted by Crippen LogP contribution is -2.22. The zero-order valence-electron chi connectivity index (χ0n) is 10.5. The van der Waals surface area contributed by atoms with Crippen LogP contribution in [0.1, 0.15) is 10.4 Å². The Kier molecular flexibility index (Phi) is 3.01. The first kappa shape index (κ1) is 12.1. The lowest BCUT2D eigenvalue weighted by molar-refractivity contribution is 0.102. The summed E-state index contributed by atoms with van der Waals surface area (Å²) in [4.78, 5) is 30.3. The van der Waals surface area contributed by atoms with Gasteiger partial charge in [-0.15, -0.1) is 0 Å². The fraction of sp³-hybridized carbons (Fsp3) is 0. The zero-order valence-corrected chi connectivity index (χ0v) is 10.5. The molecule has 0 radical (unpaired) electrons. The second kappa shape index (κ2) is 4.97. The van der Waals surface area contributed by atoms with Gasteiger partial charge in [-0.2, -0.15) is 0 Å². The number of hydrogen-bond acceptors (Lipinski definition) is 3. The van der Waals surface area contributed by atoms with E-state index in [0.29, 0.717) is 5.82 Å². The van der Waals surface area contributed by atoms with Crippen molar-refractivity contribution in [3.05, 3.63) is 70.6 Å². The van der Waals surface area contributed by atoms with Gasteiger partial charge in [0.2, 0.25) is 0 Å². The summed E-state index contributed by atoms with van der Waals surface area (Å²) < 4.78 is 0. The van der Waals surface area contributed by atoms with Gasteiger partial charge >= 0.3 is 0 Å². The molecule has 1 aromatic carbocycles. The second-order valence-electron chi connectivity index (χ2n) is 4.26. The van der Waals surface area contributed by atoms with Gasteiger partial charge in [-0.05, 0) is 30.3 Å². The fourth-order valence-corrected chi connectivity index (χ4v) is 1.92. The second-order valence-corrected chi connectivity index (χ2v) is 4.26. The van der Waals surface area contributed by atoms with E-state index in [1.54, 1.807) is 12.1 Å². The Hall–Kier alpha value is -2.95. The van der Waals surface area contributed by atoms with E-state index in [1.165, 1.54) is 12.3 Å². The van der Waals surface area contributed by atoms with Gasteiger partial charge in [0.25, 0.3) is 11.5 Å². The van der Waals surface area contributed by atoms with Gasteiger partial charge in [0.05, 0.1) is 5.52 Å². The molecule has 0 fully saturated rings. The third-order valence-electron chi connectivity index (χ3n) is 2.90. The van der Waals surface area contributed by atoms with E-state index < -0.39 is 11.5 Å². The minimum atomic E-state index is -0.477. The predicted octanol–water partition coefficient (Wildman–Crippen LogP) is 2.18. The van der Waals surface area contributed by atoms with Gasteiger partial charge in [0, 0.05) is 11.6 Å². The largest absolute Gasteiger partial charge is 0.328 e. The number of para-hydroxylation sites is 1. The van der Waals surface area contributed by atoms with E-state index in [9.17, 15) is 9.59 Å². The van der Waals surface area contributed by atoms with Crippen LogP contribution in [0.4, 0.5) is 5.82 Å². The Balaban J connectivity index is 1.91. The number of nitrogens with one attached hydrogen (secondary N) is 2. The molecule has 5 nitrogen and oxygen atoms in total. The van der Waals surface area contributed by atoms with E-state index >= 15 is 0 Å². The molecule has 0 unspecified atom stereocenters. The number of H-pyrrole nitrogens is 1. The molecular weight excluding hydrogens is 254 g/mol. The molecule has 2 heterocycles. The van der Waals surface area contributed by atoms with Crippen LogP contribution >= 0.6 is 0 Å². The van der Waals surface area contributed by atoms with E-state index in [1.807, 2.05) is 30.3 Å². The summed E-state index contributed by atoms with van der Waals surface area (Å²) in [5.74, 6) is -0.0633. The van der Waals surface area contributed by atoms with Crippen LogP contribution in [0.25, 0.3) is 10.9 Å². The Morgan fingerprint density at radius 2 is 1.90 bits per heavy atom. The molecule has 3 aromatic rings. The van der Waals surface area contributed by atoms with Crippen LogP contribution in [0.2, 0.25) is 0 Å². The average molecular weight is 265 g/mol. The molecule has 1 amide bonds. The smallest absolute Gasteiger partial charge is 0.262 e. The lowest BCUT2D eigenvalue weighted by Gasteiger charge is -2.05. The van der Waals surface area contributed by atoms with Crippen molar-refractivity contribution in [2.24, 2.45) is 0 Å². The molecule has 5 heteroatoms. The molecule has 20 heavy (non-hydrogen) atoms. The molecule has 98 valence electrons. The summed E-state index contributed by atoms with van der Waals surface area (Å²) in [5.41, 5.74) is 0.417. The van der Waals surface area contributed by atoms with Crippen molar-refractivity contribution in [1.29, 1.82) is 0 Å². The maximum Gasteiger partial charge on any atom is 0.262 e. The van der Waals surface area contributed by atoms with E-state index in [0.717, 1.165) is 10.9 Å². The van der Waals surface area contributed by atoms with Gasteiger partial charge in [-0.3, -0.25) is 9.59 Å². The van der Waals surface area contributed by atoms with E-state index in [-0.39, 0.29) is 5.56 Å². The standard InChI is InChI=1S/C15H11N3O2/c19-14-11(5-3-9-16-14)15(20)18-13-8-7-10-4-1-2-6-12(10)17-13/h1-9H,(H,16,19)(H,17,18,20). The normalized spacial score (nSPS) is 10.4. The van der Waals surface area contributed by atoms with Crippen molar-refractivity contribution >= 4 is 22.6 Å². The van der Waals surface area contributed by atoms with Gasteiger partial charge in [-0.25, -0.2) is 4.98 Å². The number of aromatic amines is 1. The van der Waals surface area contributed by atoms with Gasteiger partial charge < -0.3 is 10.3 Å². The number of anilines is 1. The Morgan fingerprint density at radius 1 is 1.05 bits per heavy atom. The molecule has 0 saturated heterocycles. The third-order valence-corrected chi connectivity index (χ3v) is 2.90. The molecule has 0 atom stereocenters. The number of aromatic nitrogens is 2. The Morgan fingerprint density at radius 3 is 2.75 bits per heavy atom. The SMILES string of the molecule is O=C(Nc1ccc2ccccc2n1)c1ccc[nH]c1=O. The van der Waals surface area contributed by atoms with E-state index in [4.69, 9.17) is 0 Å². The zero-order chi connectivity index (χ0) is 13.9. The number of carbonyl (C=O) groups is 1. The maximum absolute atomic E-state index is 12.0. The summed E-state index contributed by atoms with van der Waals surface area (Å²) in [6, 6.07) is 14.2. The molecular formula is C15H11N3O2. The highest BCUT2D eigenvalue weighted by molar-refractivity contribution is 6.03. The number of pyridine rings is 2. The molecule has 0 aliphatic heterocycles. The number of fused-ring (bicyclic) bond motifs is 1. The number of rotatable bonds is 2. The summed E-state index contributed by atoms with van der Waals surface area (Å²) >= 11 is 0. The summed E-state index contributed by atoms with van der Waals surface area (Å²) in [5, 5.41) is 3.61. The molecule has 0 saturated carbocycles. The topological polar surface area (TPSA) is 74.8 Å². The first-order chi connectivity index (χ1) is 9.74. The van der Waals surface area contributed by atoms with Crippen molar-refractivity contribution < 1.29 is 4.79 Å². The van der Waals surface area contributed by atoms with Crippen LogP contribution < -0.4 is 10.9 Å². The predicted molar refractivity (Wildman–Crippen MR) is 76.8 cm³/mol. The monoisotopic (exact) mass is 265 g/mol. The van der Waals surface area contributed by atoms with Crippen molar-refractivity contribution in [3.8, 4) is 0 Å². The molecule has 0 spiro atoms. The van der Waals surface area contributed by atoms with Crippen LogP contribution in [0.5, 0.6) is 0 Å². The quantitative estimate of drug-likeness (QED) is 0.745. The molecule has 0 bridgehead atoms. The molecule has 0 aliphatic rings. The average Bonchev–Trinajstić information content (AvgIpc) is 2.47. The number of amides is 1. The van der Waals surface area contributed by atoms with Crippen molar-refractivity contribution in [3.63, 3.8) is 0 Å². The minimum absolute atomic E-state index is 0.0578. The van der Waals surface area contributed by atoms with Crippen LogP contribution in [0.3, 0.4) is 0 Å². The Labute approximate surface area is 114 Å². The van der Waals surface area contributed by atoms with E-state index in [2.05, 4.69) is 15.3 Å². The number of hydrogen-bond donors (Lipinski definition) is 2. The molecule has 2 aromatic heterocycles. The highest BCUT2D eigenvalue weighted by Gasteiger charge is 2.10. The van der Waals surface area contributed by atoms with Crippen LogP contribution in [-0.2, 0) is 0 Å². The highest BCUT2D eigenvalue weighted by atomic mass is 16.2. The summed E-state index contributed by atoms with van der Waals surface area (Å²) in [6.07, 6.45) is 1.48. The van der Waals surface area contributed by atoms with Crippen LogP contribution in [-0.4, -0.2) is 15.9 Å². The first-order valence-electron chi connectivity index (χ1n) is 6.09. The van der Waals surface area contributed by atoms with Crippen molar-refractivity contribution in [1.82, 2.24) is 9.97 Å². The molecule has 0 aliphatic carbocycles. The fourth-order valence-electron chi connectivity index (χ4n) is 1.92. The number of carbonyl (C=O) groups excluding carboxylic acids is 1. The number of benzene rings is 1. The van der Waals surface area contributed by atoms with Gasteiger partial charge in [-0.1, -0.05) is 18.2 Å².